The summed E-state index contributed by atoms with van der Waals surface area (Å²) in [5.41, 5.74) is 2.57. The molecule has 1 unspecified atom stereocenters. The van der Waals surface area contributed by atoms with Crippen LogP contribution in [-0.4, -0.2) is 21.7 Å². The maximum Gasteiger partial charge on any atom is 0.270 e. The van der Waals surface area contributed by atoms with E-state index in [2.05, 4.69) is 15.6 Å². The van der Waals surface area contributed by atoms with Gasteiger partial charge in [0.2, 0.25) is 5.91 Å². The van der Waals surface area contributed by atoms with Gasteiger partial charge in [0, 0.05) is 44.2 Å². The molecular weight excluding hydrogens is 615 g/mol. The number of rotatable bonds is 9. The van der Waals surface area contributed by atoms with Gasteiger partial charge in [0.1, 0.15) is 5.25 Å². The van der Waals surface area contributed by atoms with E-state index in [-0.39, 0.29) is 17.2 Å². The van der Waals surface area contributed by atoms with Crippen molar-refractivity contribution in [2.75, 3.05) is 10.6 Å². The summed E-state index contributed by atoms with van der Waals surface area (Å²) in [6.45, 7) is 0. The van der Waals surface area contributed by atoms with Gasteiger partial charge in [-0.1, -0.05) is 65.7 Å². The molecule has 0 fully saturated rings. The number of thioether (sulfide) groups is 1. The zero-order valence-corrected chi connectivity index (χ0v) is 24.6. The first-order valence-corrected chi connectivity index (χ1v) is 14.9. The molecule has 0 radical (unpaired) electrons. The minimum Gasteiger partial charge on any atom is -0.322 e. The zero-order valence-electron chi connectivity index (χ0n) is 21.5. The lowest BCUT2D eigenvalue weighted by Gasteiger charge is -2.17. The van der Waals surface area contributed by atoms with Gasteiger partial charge in [0.25, 0.3) is 11.6 Å². The van der Waals surface area contributed by atoms with Crippen molar-refractivity contribution in [2.45, 2.75) is 10.1 Å². The number of anilines is 2. The predicted octanol–water partition coefficient (Wildman–Crippen LogP) is 8.75. The molecule has 5 aromatic rings. The van der Waals surface area contributed by atoms with E-state index >= 15 is 0 Å². The van der Waals surface area contributed by atoms with E-state index in [0.717, 1.165) is 10.5 Å². The van der Waals surface area contributed by atoms with Gasteiger partial charge in [-0.05, 0) is 48.0 Å². The molecule has 1 atom stereocenters. The Hall–Kier alpha value is -4.22. The number of halogens is 2. The maximum absolute atomic E-state index is 13.6. The van der Waals surface area contributed by atoms with Crippen molar-refractivity contribution in [1.29, 1.82) is 0 Å². The molecule has 8 nitrogen and oxygen atoms in total. The Balaban J connectivity index is 1.34. The van der Waals surface area contributed by atoms with Crippen LogP contribution in [0.1, 0.15) is 21.2 Å². The highest BCUT2D eigenvalue weighted by atomic mass is 35.5. The van der Waals surface area contributed by atoms with E-state index in [1.165, 1.54) is 47.4 Å². The van der Waals surface area contributed by atoms with E-state index < -0.39 is 16.1 Å². The number of carbonyl (C=O) groups is 2. The third kappa shape index (κ3) is 7.15. The quantitative estimate of drug-likeness (QED) is 0.0951. The number of aromatic nitrogens is 1. The normalized spacial score (nSPS) is 11.5. The Kier molecular flexibility index (Phi) is 9.19. The molecule has 0 aliphatic heterocycles. The molecule has 2 N–H and O–H groups in total. The lowest BCUT2D eigenvalue weighted by Crippen LogP contribution is -2.19. The van der Waals surface area contributed by atoms with Gasteiger partial charge in [0.15, 0.2) is 5.13 Å². The third-order valence-corrected chi connectivity index (χ3v) is 8.50. The lowest BCUT2D eigenvalue weighted by molar-refractivity contribution is -0.384. The Bertz CT molecular complexity index is 1780. The van der Waals surface area contributed by atoms with Gasteiger partial charge in [-0.15, -0.1) is 23.1 Å². The molecule has 1 heterocycles. The molecule has 42 heavy (non-hydrogen) atoms. The van der Waals surface area contributed by atoms with E-state index in [9.17, 15) is 19.7 Å². The number of benzene rings is 4. The summed E-state index contributed by atoms with van der Waals surface area (Å²) in [5, 5.41) is 19.3. The molecule has 0 aliphatic rings. The number of amides is 2. The van der Waals surface area contributed by atoms with Gasteiger partial charge in [-0.25, -0.2) is 4.98 Å². The van der Waals surface area contributed by atoms with E-state index in [0.29, 0.717) is 32.1 Å². The molecule has 0 saturated carbocycles. The highest BCUT2D eigenvalue weighted by molar-refractivity contribution is 8.00. The zero-order chi connectivity index (χ0) is 29.6. The Labute approximate surface area is 258 Å². The fraction of sp³-hybridized carbons (Fsp3) is 0.0333. The summed E-state index contributed by atoms with van der Waals surface area (Å²) in [7, 11) is 0. The average molecular weight is 636 g/mol. The average Bonchev–Trinajstić information content (AvgIpc) is 3.44. The molecule has 0 saturated heterocycles. The van der Waals surface area contributed by atoms with Crippen molar-refractivity contribution < 1.29 is 14.5 Å². The number of non-ortho nitro benzene ring substituents is 1. The van der Waals surface area contributed by atoms with Gasteiger partial charge < -0.3 is 10.6 Å². The number of hydrogen-bond acceptors (Lipinski definition) is 7. The van der Waals surface area contributed by atoms with Gasteiger partial charge in [-0.3, -0.25) is 19.7 Å². The summed E-state index contributed by atoms with van der Waals surface area (Å²) in [6, 6.07) is 27.0. The largest absolute Gasteiger partial charge is 0.322 e. The summed E-state index contributed by atoms with van der Waals surface area (Å²) in [6.07, 6.45) is 0. The van der Waals surface area contributed by atoms with Gasteiger partial charge in [0.05, 0.1) is 15.6 Å². The topological polar surface area (TPSA) is 114 Å². The standard InChI is InChI=1S/C30H20Cl2N4O4S2/c31-20-12-13-24(25(32)15-20)26-17-41-30(34-26)35-29(38)27(18-6-2-1-3-7-18)42-23-11-5-9-21(16-23)33-28(37)19-8-4-10-22(14-19)36(39)40/h1-17,27H,(H,33,37)(H,34,35,38). The minimum absolute atomic E-state index is 0.159. The number of thiazole rings is 1. The van der Waals surface area contributed by atoms with E-state index in [1.807, 2.05) is 41.8 Å². The molecule has 210 valence electrons. The molecule has 0 spiro atoms. The number of nitrogens with one attached hydrogen (secondary N) is 2. The number of nitro benzene ring substituents is 1. The molecule has 4 aromatic carbocycles. The van der Waals surface area contributed by atoms with Crippen LogP contribution in [0.3, 0.4) is 0 Å². The van der Waals surface area contributed by atoms with Crippen LogP contribution in [0.4, 0.5) is 16.5 Å². The molecule has 5 rings (SSSR count). The summed E-state index contributed by atoms with van der Waals surface area (Å²) >= 11 is 14.9. The van der Waals surface area contributed by atoms with Crippen molar-refractivity contribution in [3.8, 4) is 11.3 Å². The molecular formula is C30H20Cl2N4O4S2. The molecule has 12 heteroatoms. The first-order valence-electron chi connectivity index (χ1n) is 12.4. The van der Waals surface area contributed by atoms with Crippen molar-refractivity contribution >= 4 is 74.6 Å². The van der Waals surface area contributed by atoms with Crippen molar-refractivity contribution in [3.05, 3.63) is 134 Å². The number of carbonyl (C=O) groups excluding carboxylic acids is 2. The number of nitro groups is 1. The Morgan fingerprint density at radius 2 is 1.69 bits per heavy atom. The van der Waals surface area contributed by atoms with Crippen molar-refractivity contribution in [1.82, 2.24) is 4.98 Å². The Morgan fingerprint density at radius 1 is 0.905 bits per heavy atom. The molecule has 1 aromatic heterocycles. The maximum atomic E-state index is 13.6. The first kappa shape index (κ1) is 29.3. The second-order valence-electron chi connectivity index (χ2n) is 8.85. The monoisotopic (exact) mass is 634 g/mol. The number of hydrogen-bond donors (Lipinski definition) is 2. The summed E-state index contributed by atoms with van der Waals surface area (Å²) in [4.78, 5) is 42.2. The second-order valence-corrected chi connectivity index (χ2v) is 11.7. The van der Waals surface area contributed by atoms with Crippen LogP contribution in [0, 0.1) is 10.1 Å². The van der Waals surface area contributed by atoms with Crippen molar-refractivity contribution in [3.63, 3.8) is 0 Å². The number of nitrogens with zero attached hydrogens (tertiary/aromatic N) is 2. The molecule has 0 bridgehead atoms. The van der Waals surface area contributed by atoms with E-state index in [4.69, 9.17) is 23.2 Å². The highest BCUT2D eigenvalue weighted by Crippen LogP contribution is 2.38. The predicted molar refractivity (Wildman–Crippen MR) is 169 cm³/mol. The second kappa shape index (κ2) is 13.2. The smallest absolute Gasteiger partial charge is 0.270 e. The van der Waals surface area contributed by atoms with Crippen LogP contribution in [0.15, 0.2) is 107 Å². The van der Waals surface area contributed by atoms with Crippen LogP contribution >= 0.6 is 46.3 Å². The highest BCUT2D eigenvalue weighted by Gasteiger charge is 2.24. The van der Waals surface area contributed by atoms with Crippen LogP contribution < -0.4 is 10.6 Å². The third-order valence-electron chi connectivity index (χ3n) is 5.95. The van der Waals surface area contributed by atoms with E-state index in [1.54, 1.807) is 36.4 Å². The van der Waals surface area contributed by atoms with Crippen LogP contribution in [-0.2, 0) is 4.79 Å². The van der Waals surface area contributed by atoms with Crippen LogP contribution in [0.25, 0.3) is 11.3 Å². The fourth-order valence-corrected chi connectivity index (χ4v) is 6.27. The first-order chi connectivity index (χ1) is 20.3. The molecule has 0 aliphatic carbocycles. The lowest BCUT2D eigenvalue weighted by atomic mass is 10.1. The molecule has 2 amide bonds. The summed E-state index contributed by atoms with van der Waals surface area (Å²) < 4.78 is 0. The van der Waals surface area contributed by atoms with Crippen molar-refractivity contribution in [2.24, 2.45) is 0 Å². The Morgan fingerprint density at radius 3 is 2.45 bits per heavy atom. The summed E-state index contributed by atoms with van der Waals surface area (Å²) in [5.74, 6) is -0.765. The van der Waals surface area contributed by atoms with Crippen LogP contribution in [0.5, 0.6) is 0 Å². The minimum atomic E-state index is -0.639. The van der Waals surface area contributed by atoms with Gasteiger partial charge in [-0.2, -0.15) is 0 Å². The van der Waals surface area contributed by atoms with Gasteiger partial charge >= 0.3 is 0 Å². The SMILES string of the molecule is O=C(Nc1cccc(SC(C(=O)Nc2nc(-c3ccc(Cl)cc3Cl)cs2)c2ccccc2)c1)c1cccc([N+](=O)[O-])c1. The van der Waals surface area contributed by atoms with Crippen LogP contribution in [0.2, 0.25) is 10.0 Å². The fourth-order valence-electron chi connectivity index (χ4n) is 3.97.